The maximum absolute atomic E-state index is 12.1. The molecule has 0 N–H and O–H groups in total. The molecule has 1 aromatic heterocycles. The minimum Gasteiger partial charge on any atom is -0.378 e. The Bertz CT molecular complexity index is 526. The molecule has 8 heteroatoms. The third-order valence-electron chi connectivity index (χ3n) is 3.61. The monoisotopic (exact) mass is 341 g/mol. The Kier molecular flexibility index (Phi) is 6.29. The first-order chi connectivity index (χ1) is 10.9. The first kappa shape index (κ1) is 18.1. The standard InChI is InChI=1S/C15H27N5O2S/c1-11(2)10-20-14(19-6-8-22-9-7-19)16-17-15(20)23-12(3)13(21)18(4)5/h11-12H,6-10H2,1-5H3/t12-/m0/s1. The lowest BCUT2D eigenvalue weighted by molar-refractivity contribution is -0.127. The summed E-state index contributed by atoms with van der Waals surface area (Å²) in [5.41, 5.74) is 0. The number of amides is 1. The molecule has 0 aliphatic carbocycles. The molecule has 1 aliphatic heterocycles. The van der Waals surface area contributed by atoms with Crippen LogP contribution in [0.1, 0.15) is 20.8 Å². The van der Waals surface area contributed by atoms with E-state index >= 15 is 0 Å². The van der Waals surface area contributed by atoms with Crippen LogP contribution in [0.25, 0.3) is 0 Å². The molecule has 1 amide bonds. The highest BCUT2D eigenvalue weighted by Crippen LogP contribution is 2.27. The lowest BCUT2D eigenvalue weighted by atomic mass is 10.2. The number of hydrogen-bond acceptors (Lipinski definition) is 6. The van der Waals surface area contributed by atoms with Crippen LogP contribution in [0.15, 0.2) is 5.16 Å². The average Bonchev–Trinajstić information content (AvgIpc) is 2.89. The van der Waals surface area contributed by atoms with E-state index in [9.17, 15) is 4.79 Å². The summed E-state index contributed by atoms with van der Waals surface area (Å²) in [6.07, 6.45) is 0. The highest BCUT2D eigenvalue weighted by molar-refractivity contribution is 8.00. The minimum atomic E-state index is -0.183. The third kappa shape index (κ3) is 4.60. The molecule has 7 nitrogen and oxygen atoms in total. The van der Waals surface area contributed by atoms with Crippen molar-refractivity contribution in [3.63, 3.8) is 0 Å². The maximum atomic E-state index is 12.1. The summed E-state index contributed by atoms with van der Waals surface area (Å²) in [5.74, 6) is 1.45. The molecule has 0 bridgehead atoms. The number of aromatic nitrogens is 3. The normalized spacial score (nSPS) is 16.7. The van der Waals surface area contributed by atoms with Gasteiger partial charge in [0.1, 0.15) is 0 Å². The van der Waals surface area contributed by atoms with Crippen LogP contribution in [0.5, 0.6) is 0 Å². The van der Waals surface area contributed by atoms with Crippen LogP contribution in [0.4, 0.5) is 5.95 Å². The van der Waals surface area contributed by atoms with Gasteiger partial charge in [0.15, 0.2) is 5.16 Å². The van der Waals surface area contributed by atoms with Gasteiger partial charge in [0, 0.05) is 33.7 Å². The lowest BCUT2D eigenvalue weighted by Crippen LogP contribution is -2.38. The first-order valence-corrected chi connectivity index (χ1v) is 8.91. The van der Waals surface area contributed by atoms with E-state index in [1.165, 1.54) is 11.8 Å². The smallest absolute Gasteiger partial charge is 0.235 e. The molecule has 0 saturated carbocycles. The van der Waals surface area contributed by atoms with Gasteiger partial charge in [0.25, 0.3) is 0 Å². The van der Waals surface area contributed by atoms with Gasteiger partial charge in [-0.25, -0.2) is 0 Å². The molecule has 0 radical (unpaired) electrons. The molecule has 130 valence electrons. The number of ether oxygens (including phenoxy) is 1. The number of hydrogen-bond donors (Lipinski definition) is 0. The van der Waals surface area contributed by atoms with E-state index in [1.54, 1.807) is 19.0 Å². The number of morpholine rings is 1. The van der Waals surface area contributed by atoms with Crippen LogP contribution in [-0.4, -0.2) is 71.2 Å². The number of carbonyl (C=O) groups is 1. The molecule has 2 rings (SSSR count). The van der Waals surface area contributed by atoms with Gasteiger partial charge >= 0.3 is 0 Å². The molecule has 0 spiro atoms. The van der Waals surface area contributed by atoms with Crippen molar-refractivity contribution in [2.24, 2.45) is 5.92 Å². The Labute approximate surface area is 142 Å². The van der Waals surface area contributed by atoms with Gasteiger partial charge in [-0.3, -0.25) is 9.36 Å². The van der Waals surface area contributed by atoms with Crippen molar-refractivity contribution in [2.45, 2.75) is 37.7 Å². The second-order valence-corrected chi connectivity index (χ2v) is 7.69. The number of carbonyl (C=O) groups excluding carboxylic acids is 1. The van der Waals surface area contributed by atoms with Crippen LogP contribution in [0, 0.1) is 5.92 Å². The SMILES string of the molecule is CC(C)Cn1c(S[C@@H](C)C(=O)N(C)C)nnc1N1CCOCC1. The number of anilines is 1. The van der Waals surface area contributed by atoms with E-state index < -0.39 is 0 Å². The highest BCUT2D eigenvalue weighted by atomic mass is 32.2. The Morgan fingerprint density at radius 1 is 1.26 bits per heavy atom. The molecule has 1 fully saturated rings. The van der Waals surface area contributed by atoms with Crippen LogP contribution >= 0.6 is 11.8 Å². The summed E-state index contributed by atoms with van der Waals surface area (Å²) in [7, 11) is 3.55. The molecular formula is C15H27N5O2S. The molecule has 0 aromatic carbocycles. The topological polar surface area (TPSA) is 63.5 Å². The molecule has 23 heavy (non-hydrogen) atoms. The van der Waals surface area contributed by atoms with Crippen LogP contribution in [-0.2, 0) is 16.1 Å². The Balaban J connectivity index is 2.21. The predicted molar refractivity (Wildman–Crippen MR) is 91.9 cm³/mol. The molecule has 1 aliphatic rings. The number of thioether (sulfide) groups is 1. The molecule has 1 atom stereocenters. The van der Waals surface area contributed by atoms with Crippen molar-refractivity contribution in [1.29, 1.82) is 0 Å². The zero-order valence-electron chi connectivity index (χ0n) is 14.7. The molecular weight excluding hydrogens is 314 g/mol. The fourth-order valence-electron chi connectivity index (χ4n) is 2.46. The van der Waals surface area contributed by atoms with Gasteiger partial charge in [-0.05, 0) is 12.8 Å². The summed E-state index contributed by atoms with van der Waals surface area (Å²) < 4.78 is 7.56. The highest BCUT2D eigenvalue weighted by Gasteiger charge is 2.24. The zero-order valence-corrected chi connectivity index (χ0v) is 15.5. The molecule has 1 saturated heterocycles. The Morgan fingerprint density at radius 2 is 1.91 bits per heavy atom. The quantitative estimate of drug-likeness (QED) is 0.728. The van der Waals surface area contributed by atoms with E-state index in [0.717, 1.165) is 30.7 Å². The Morgan fingerprint density at radius 3 is 2.48 bits per heavy atom. The van der Waals surface area contributed by atoms with Gasteiger partial charge in [-0.2, -0.15) is 0 Å². The zero-order chi connectivity index (χ0) is 17.0. The van der Waals surface area contributed by atoms with E-state index in [1.807, 2.05) is 6.92 Å². The van der Waals surface area contributed by atoms with Crippen molar-refractivity contribution < 1.29 is 9.53 Å². The van der Waals surface area contributed by atoms with Gasteiger partial charge in [0.2, 0.25) is 11.9 Å². The van der Waals surface area contributed by atoms with Gasteiger partial charge in [-0.1, -0.05) is 25.6 Å². The lowest BCUT2D eigenvalue weighted by Gasteiger charge is -2.28. The first-order valence-electron chi connectivity index (χ1n) is 8.04. The maximum Gasteiger partial charge on any atom is 0.235 e. The fourth-order valence-corrected chi connectivity index (χ4v) is 3.46. The van der Waals surface area contributed by atoms with Crippen molar-refractivity contribution in [3.05, 3.63) is 0 Å². The predicted octanol–water partition coefficient (Wildman–Crippen LogP) is 1.34. The van der Waals surface area contributed by atoms with E-state index in [4.69, 9.17) is 4.74 Å². The summed E-state index contributed by atoms with van der Waals surface area (Å²) in [6, 6.07) is 0. The second kappa shape index (κ2) is 8.01. The van der Waals surface area contributed by atoms with E-state index in [-0.39, 0.29) is 11.2 Å². The third-order valence-corrected chi connectivity index (χ3v) is 4.68. The van der Waals surface area contributed by atoms with E-state index in [2.05, 4.69) is 33.5 Å². The van der Waals surface area contributed by atoms with Gasteiger partial charge in [0.05, 0.1) is 18.5 Å². The van der Waals surface area contributed by atoms with Crippen molar-refractivity contribution in [1.82, 2.24) is 19.7 Å². The summed E-state index contributed by atoms with van der Waals surface area (Å²) >= 11 is 1.47. The summed E-state index contributed by atoms with van der Waals surface area (Å²) in [5, 5.41) is 9.36. The average molecular weight is 341 g/mol. The fraction of sp³-hybridized carbons (Fsp3) is 0.800. The van der Waals surface area contributed by atoms with Crippen molar-refractivity contribution in [2.75, 3.05) is 45.3 Å². The minimum absolute atomic E-state index is 0.0852. The second-order valence-electron chi connectivity index (χ2n) is 6.38. The van der Waals surface area contributed by atoms with E-state index in [0.29, 0.717) is 19.1 Å². The molecule has 1 aromatic rings. The van der Waals surface area contributed by atoms with Crippen molar-refractivity contribution >= 4 is 23.6 Å². The van der Waals surface area contributed by atoms with Gasteiger partial charge in [-0.15, -0.1) is 10.2 Å². The largest absolute Gasteiger partial charge is 0.378 e. The van der Waals surface area contributed by atoms with Gasteiger partial charge < -0.3 is 14.5 Å². The summed E-state index contributed by atoms with van der Waals surface area (Å²) in [6.45, 7) is 10.2. The number of rotatable bonds is 6. The molecule has 0 unspecified atom stereocenters. The molecule has 2 heterocycles. The number of nitrogens with zero attached hydrogens (tertiary/aromatic N) is 5. The van der Waals surface area contributed by atoms with Crippen LogP contribution < -0.4 is 4.90 Å². The van der Waals surface area contributed by atoms with Crippen molar-refractivity contribution in [3.8, 4) is 0 Å². The summed E-state index contributed by atoms with van der Waals surface area (Å²) in [4.78, 5) is 15.9. The Hall–Kier alpha value is -1.28. The van der Waals surface area contributed by atoms with Crippen LogP contribution in [0.3, 0.4) is 0 Å². The van der Waals surface area contributed by atoms with Crippen LogP contribution in [0.2, 0.25) is 0 Å².